The van der Waals surface area contributed by atoms with E-state index in [1.54, 1.807) is 32.4 Å². The lowest BCUT2D eigenvalue weighted by molar-refractivity contribution is 0.0990. The van der Waals surface area contributed by atoms with Gasteiger partial charge in [0, 0.05) is 18.7 Å². The van der Waals surface area contributed by atoms with Gasteiger partial charge in [-0.2, -0.15) is 0 Å². The molecule has 5 heteroatoms. The molecule has 0 bridgehead atoms. The van der Waals surface area contributed by atoms with Gasteiger partial charge < -0.3 is 19.7 Å². The minimum Gasteiger partial charge on any atom is -0.493 e. The second-order valence-electron chi connectivity index (χ2n) is 4.47. The number of hydrogen-bond donors (Lipinski definition) is 1. The van der Waals surface area contributed by atoms with Crippen molar-refractivity contribution in [1.29, 1.82) is 0 Å². The minimum atomic E-state index is 0.0414. The standard InChI is InChI=1S/C14H22N2O3/c1-16(2)8-7-15-10-12(17)11-5-6-13(18-3)14(9-11)19-4/h5-6,9,15H,7-8,10H2,1-4H3. The number of ketones is 1. The molecule has 0 heterocycles. The molecule has 19 heavy (non-hydrogen) atoms. The molecular formula is C14H22N2O3. The predicted molar refractivity (Wildman–Crippen MR) is 75.3 cm³/mol. The van der Waals surface area contributed by atoms with Crippen LogP contribution < -0.4 is 14.8 Å². The van der Waals surface area contributed by atoms with Gasteiger partial charge in [0.1, 0.15) is 0 Å². The first-order valence-electron chi connectivity index (χ1n) is 6.19. The number of nitrogens with one attached hydrogen (secondary N) is 1. The second kappa shape index (κ2) is 7.76. The number of likely N-dealkylation sites (N-methyl/N-ethyl adjacent to an activating group) is 1. The zero-order valence-corrected chi connectivity index (χ0v) is 12.0. The van der Waals surface area contributed by atoms with E-state index in [9.17, 15) is 4.79 Å². The predicted octanol–water partition coefficient (Wildman–Crippen LogP) is 1.04. The average Bonchev–Trinajstić information content (AvgIpc) is 2.42. The van der Waals surface area contributed by atoms with E-state index in [-0.39, 0.29) is 5.78 Å². The Morgan fingerprint density at radius 3 is 2.47 bits per heavy atom. The normalized spacial score (nSPS) is 10.6. The number of methoxy groups -OCH3 is 2. The van der Waals surface area contributed by atoms with Crippen LogP contribution in [0, 0.1) is 0 Å². The smallest absolute Gasteiger partial charge is 0.176 e. The Bertz CT molecular complexity index is 419. The van der Waals surface area contributed by atoms with E-state index in [4.69, 9.17) is 9.47 Å². The fourth-order valence-corrected chi connectivity index (χ4v) is 1.62. The zero-order valence-electron chi connectivity index (χ0n) is 12.0. The van der Waals surface area contributed by atoms with Crippen molar-refractivity contribution in [2.75, 3.05) is 47.9 Å². The molecular weight excluding hydrogens is 244 g/mol. The number of nitrogens with zero attached hydrogens (tertiary/aromatic N) is 1. The molecule has 0 saturated carbocycles. The summed E-state index contributed by atoms with van der Waals surface area (Å²) in [5.41, 5.74) is 0.620. The van der Waals surface area contributed by atoms with Crippen LogP contribution in [0.25, 0.3) is 0 Å². The van der Waals surface area contributed by atoms with Crippen LogP contribution in [0.15, 0.2) is 18.2 Å². The second-order valence-corrected chi connectivity index (χ2v) is 4.47. The molecule has 0 spiro atoms. The third-order valence-electron chi connectivity index (χ3n) is 2.73. The van der Waals surface area contributed by atoms with Gasteiger partial charge in [0.25, 0.3) is 0 Å². The third kappa shape index (κ3) is 4.89. The van der Waals surface area contributed by atoms with E-state index in [0.717, 1.165) is 13.1 Å². The van der Waals surface area contributed by atoms with Crippen molar-refractivity contribution >= 4 is 5.78 Å². The van der Waals surface area contributed by atoms with Gasteiger partial charge in [-0.1, -0.05) is 0 Å². The van der Waals surface area contributed by atoms with Gasteiger partial charge in [0.2, 0.25) is 0 Å². The number of rotatable bonds is 8. The van der Waals surface area contributed by atoms with Gasteiger partial charge in [0.05, 0.1) is 20.8 Å². The SMILES string of the molecule is COc1ccc(C(=O)CNCCN(C)C)cc1OC. The Morgan fingerprint density at radius 1 is 1.21 bits per heavy atom. The highest BCUT2D eigenvalue weighted by Crippen LogP contribution is 2.27. The van der Waals surface area contributed by atoms with E-state index < -0.39 is 0 Å². The molecule has 0 aliphatic carbocycles. The van der Waals surface area contributed by atoms with Crippen LogP contribution in [-0.2, 0) is 0 Å². The first-order valence-corrected chi connectivity index (χ1v) is 6.19. The van der Waals surface area contributed by atoms with Crippen LogP contribution >= 0.6 is 0 Å². The lowest BCUT2D eigenvalue weighted by atomic mass is 10.1. The van der Waals surface area contributed by atoms with Gasteiger partial charge in [-0.3, -0.25) is 4.79 Å². The molecule has 0 aliphatic rings. The molecule has 1 N–H and O–H groups in total. The van der Waals surface area contributed by atoms with Crippen molar-refractivity contribution in [1.82, 2.24) is 10.2 Å². The van der Waals surface area contributed by atoms with Crippen LogP contribution in [0.1, 0.15) is 10.4 Å². The van der Waals surface area contributed by atoms with Crippen molar-refractivity contribution in [2.24, 2.45) is 0 Å². The first-order chi connectivity index (χ1) is 9.08. The van der Waals surface area contributed by atoms with Gasteiger partial charge in [-0.25, -0.2) is 0 Å². The summed E-state index contributed by atoms with van der Waals surface area (Å²) >= 11 is 0. The summed E-state index contributed by atoms with van der Waals surface area (Å²) in [4.78, 5) is 14.0. The van der Waals surface area contributed by atoms with Gasteiger partial charge in [-0.05, 0) is 32.3 Å². The molecule has 0 aromatic heterocycles. The van der Waals surface area contributed by atoms with Crippen molar-refractivity contribution in [3.8, 4) is 11.5 Å². The Kier molecular flexibility index (Phi) is 6.32. The topological polar surface area (TPSA) is 50.8 Å². The highest BCUT2D eigenvalue weighted by Gasteiger charge is 2.10. The Morgan fingerprint density at radius 2 is 1.89 bits per heavy atom. The van der Waals surface area contributed by atoms with E-state index in [1.807, 2.05) is 14.1 Å². The summed E-state index contributed by atoms with van der Waals surface area (Å²) in [6.07, 6.45) is 0. The fourth-order valence-electron chi connectivity index (χ4n) is 1.62. The monoisotopic (exact) mass is 266 g/mol. The largest absolute Gasteiger partial charge is 0.493 e. The molecule has 1 aromatic rings. The number of benzene rings is 1. The van der Waals surface area contributed by atoms with Crippen LogP contribution in [0.5, 0.6) is 11.5 Å². The molecule has 5 nitrogen and oxygen atoms in total. The summed E-state index contributed by atoms with van der Waals surface area (Å²) in [6, 6.07) is 5.19. The maximum atomic E-state index is 12.0. The molecule has 1 rings (SSSR count). The lowest BCUT2D eigenvalue weighted by Crippen LogP contribution is -2.30. The maximum absolute atomic E-state index is 12.0. The van der Waals surface area contributed by atoms with Gasteiger partial charge in [-0.15, -0.1) is 0 Å². The summed E-state index contributed by atoms with van der Waals surface area (Å²) in [7, 11) is 7.12. The number of Topliss-reactive ketones (excluding diaryl/α,β-unsaturated/α-hetero) is 1. The zero-order chi connectivity index (χ0) is 14.3. The summed E-state index contributed by atoms with van der Waals surface area (Å²) in [6.45, 7) is 2.01. The van der Waals surface area contributed by atoms with Crippen molar-refractivity contribution < 1.29 is 14.3 Å². The molecule has 106 valence electrons. The van der Waals surface area contributed by atoms with Crippen molar-refractivity contribution in [3.63, 3.8) is 0 Å². The van der Waals surface area contributed by atoms with Crippen molar-refractivity contribution in [3.05, 3.63) is 23.8 Å². The third-order valence-corrected chi connectivity index (χ3v) is 2.73. The van der Waals surface area contributed by atoms with E-state index in [2.05, 4.69) is 10.2 Å². The Balaban J connectivity index is 2.57. The molecule has 0 atom stereocenters. The molecule has 0 amide bonds. The quantitative estimate of drug-likeness (QED) is 0.563. The number of hydrogen-bond acceptors (Lipinski definition) is 5. The van der Waals surface area contributed by atoms with Crippen LogP contribution in [0.4, 0.5) is 0 Å². The molecule has 0 aliphatic heterocycles. The molecule has 0 saturated heterocycles. The molecule has 0 fully saturated rings. The highest BCUT2D eigenvalue weighted by molar-refractivity contribution is 5.98. The fraction of sp³-hybridized carbons (Fsp3) is 0.500. The molecule has 0 unspecified atom stereocenters. The van der Waals surface area contributed by atoms with E-state index >= 15 is 0 Å². The summed E-state index contributed by atoms with van der Waals surface area (Å²) < 4.78 is 10.3. The Hall–Kier alpha value is -1.59. The van der Waals surface area contributed by atoms with Crippen LogP contribution in [0.2, 0.25) is 0 Å². The van der Waals surface area contributed by atoms with Gasteiger partial charge in [0.15, 0.2) is 17.3 Å². The number of carbonyl (C=O) groups is 1. The lowest BCUT2D eigenvalue weighted by Gasteiger charge is -2.11. The summed E-state index contributed by atoms with van der Waals surface area (Å²) in [5.74, 6) is 1.24. The first kappa shape index (κ1) is 15.5. The Labute approximate surface area is 114 Å². The number of ether oxygens (including phenoxy) is 2. The molecule has 1 aromatic carbocycles. The van der Waals surface area contributed by atoms with Crippen LogP contribution in [0.3, 0.4) is 0 Å². The summed E-state index contributed by atoms with van der Waals surface area (Å²) in [5, 5.41) is 3.12. The van der Waals surface area contributed by atoms with Crippen LogP contribution in [-0.4, -0.2) is 58.6 Å². The van der Waals surface area contributed by atoms with Gasteiger partial charge >= 0.3 is 0 Å². The maximum Gasteiger partial charge on any atom is 0.176 e. The highest BCUT2D eigenvalue weighted by atomic mass is 16.5. The number of carbonyl (C=O) groups excluding carboxylic acids is 1. The van der Waals surface area contributed by atoms with E-state index in [0.29, 0.717) is 23.6 Å². The minimum absolute atomic E-state index is 0.0414. The molecule has 0 radical (unpaired) electrons. The average molecular weight is 266 g/mol. The van der Waals surface area contributed by atoms with Crippen molar-refractivity contribution in [2.45, 2.75) is 0 Å². The van der Waals surface area contributed by atoms with E-state index in [1.165, 1.54) is 0 Å².